The molecule has 0 aliphatic heterocycles. The molecule has 0 unspecified atom stereocenters. The van der Waals surface area contributed by atoms with Crippen molar-refractivity contribution in [3.63, 3.8) is 0 Å². The summed E-state index contributed by atoms with van der Waals surface area (Å²) in [7, 11) is 0. The zero-order valence-corrected chi connectivity index (χ0v) is 8.95. The summed E-state index contributed by atoms with van der Waals surface area (Å²) in [6.45, 7) is 0. The third-order valence-corrected chi connectivity index (χ3v) is 3.45. The topological polar surface area (TPSA) is 26.3 Å². The van der Waals surface area contributed by atoms with Crippen LogP contribution in [0.4, 0.5) is 0 Å². The van der Waals surface area contributed by atoms with E-state index in [9.17, 15) is 0 Å². The fraction of sp³-hybridized carbons (Fsp3) is 0. The number of rotatable bonds is 2. The summed E-state index contributed by atoms with van der Waals surface area (Å²) in [5.74, 6) is 0. The maximum atomic E-state index is 5.20. The Hall–Kier alpha value is -0.420. The van der Waals surface area contributed by atoms with Gasteiger partial charge in [0.2, 0.25) is 0 Å². The lowest BCUT2D eigenvalue weighted by Crippen LogP contribution is -3.61. The normalized spacial score (nSPS) is 9.33. The molecule has 2 nitrogen and oxygen atoms in total. The minimum atomic E-state index is -0.229. The maximum absolute atomic E-state index is 5.20. The summed E-state index contributed by atoms with van der Waals surface area (Å²) in [4.78, 5) is 0. The Bertz CT molecular complexity index is 269. The largest absolute Gasteiger partial charge is 1.00 e. The van der Waals surface area contributed by atoms with Crippen LogP contribution >= 0.6 is 0 Å². The second-order valence-corrected chi connectivity index (χ2v) is 4.59. The van der Waals surface area contributed by atoms with E-state index in [4.69, 9.17) is 8.83 Å². The molecule has 4 heteroatoms. The first-order valence-electron chi connectivity index (χ1n) is 3.17. The van der Waals surface area contributed by atoms with E-state index in [1.807, 2.05) is 24.3 Å². The maximum Gasteiger partial charge on any atom is 0.442 e. The molecule has 12 heavy (non-hydrogen) atoms. The summed E-state index contributed by atoms with van der Waals surface area (Å²) in [5, 5.41) is 0. The van der Waals surface area contributed by atoms with Gasteiger partial charge in [-0.2, -0.15) is 0 Å². The molecule has 0 saturated heterocycles. The van der Waals surface area contributed by atoms with Crippen LogP contribution in [0.1, 0.15) is 0 Å². The van der Waals surface area contributed by atoms with Gasteiger partial charge in [0.05, 0.1) is 12.5 Å². The van der Waals surface area contributed by atoms with Crippen LogP contribution in [-0.2, 0) is 0 Å². The molecule has 0 fully saturated rings. The molecule has 0 atom stereocenters. The van der Waals surface area contributed by atoms with Crippen molar-refractivity contribution in [1.82, 2.24) is 0 Å². The molecule has 0 radical (unpaired) electrons. The molecule has 0 aliphatic carbocycles. The molecule has 0 N–H and O–H groups in total. The standard InChI is InChI=1S/C8H6IO2.ClH/c1-3-7(10-5-1)9-8-4-2-6-11-8;/h1-6H;1H/q+1;/p-1. The van der Waals surface area contributed by atoms with Crippen molar-refractivity contribution >= 4 is 0 Å². The van der Waals surface area contributed by atoms with E-state index in [2.05, 4.69) is 0 Å². The first-order valence-corrected chi connectivity index (χ1v) is 5.33. The first kappa shape index (κ1) is 9.67. The SMILES string of the molecule is [Cl-].c1coc([I+]c2ccco2)c1. The molecule has 64 valence electrons. The molecule has 0 amide bonds. The molecule has 2 aromatic heterocycles. The van der Waals surface area contributed by atoms with E-state index in [1.54, 1.807) is 12.5 Å². The van der Waals surface area contributed by atoms with Gasteiger partial charge in [-0.3, -0.25) is 0 Å². The third kappa shape index (κ3) is 2.28. The Morgan fingerprint density at radius 3 is 1.75 bits per heavy atom. The number of halogens is 2. The van der Waals surface area contributed by atoms with Crippen LogP contribution in [0.5, 0.6) is 0 Å². The lowest BCUT2D eigenvalue weighted by Gasteiger charge is -1.70. The molecule has 2 heterocycles. The van der Waals surface area contributed by atoms with E-state index >= 15 is 0 Å². The van der Waals surface area contributed by atoms with Crippen LogP contribution < -0.4 is 33.6 Å². The van der Waals surface area contributed by atoms with E-state index in [0.29, 0.717) is 0 Å². The molecule has 0 saturated carbocycles. The van der Waals surface area contributed by atoms with Crippen molar-refractivity contribution in [2.75, 3.05) is 0 Å². The van der Waals surface area contributed by atoms with E-state index in [-0.39, 0.29) is 33.6 Å². The van der Waals surface area contributed by atoms with Crippen molar-refractivity contribution in [1.29, 1.82) is 0 Å². The highest BCUT2D eigenvalue weighted by molar-refractivity contribution is 4.83. The van der Waals surface area contributed by atoms with Crippen LogP contribution in [-0.4, -0.2) is 0 Å². The number of hydrogen-bond donors (Lipinski definition) is 0. The van der Waals surface area contributed by atoms with Gasteiger partial charge in [0.25, 0.3) is 0 Å². The van der Waals surface area contributed by atoms with E-state index in [0.717, 1.165) is 7.53 Å². The number of hydrogen-bond acceptors (Lipinski definition) is 2. The summed E-state index contributed by atoms with van der Waals surface area (Å²) in [5.41, 5.74) is 0. The summed E-state index contributed by atoms with van der Waals surface area (Å²) >= 11 is -0.229. The van der Waals surface area contributed by atoms with Gasteiger partial charge in [0, 0.05) is 12.1 Å². The molecular weight excluding hydrogens is 290 g/mol. The summed E-state index contributed by atoms with van der Waals surface area (Å²) in [6, 6.07) is 7.77. The van der Waals surface area contributed by atoms with Gasteiger partial charge >= 0.3 is 28.7 Å². The Balaban J connectivity index is 0.000000720. The van der Waals surface area contributed by atoms with Crippen LogP contribution in [0.3, 0.4) is 0 Å². The van der Waals surface area contributed by atoms with Crippen molar-refractivity contribution in [3.8, 4) is 0 Å². The summed E-state index contributed by atoms with van der Waals surface area (Å²) < 4.78 is 12.5. The van der Waals surface area contributed by atoms with Gasteiger partial charge in [-0.1, -0.05) is 0 Å². The van der Waals surface area contributed by atoms with Crippen LogP contribution in [0.15, 0.2) is 45.6 Å². The zero-order chi connectivity index (χ0) is 7.52. The highest BCUT2D eigenvalue weighted by Gasteiger charge is 2.21. The molecular formula is C8H6ClIO2. The predicted octanol–water partition coefficient (Wildman–Crippen LogP) is -3.99. The second kappa shape index (κ2) is 4.57. The quantitative estimate of drug-likeness (QED) is 0.528. The fourth-order valence-corrected chi connectivity index (χ4v) is 2.56. The zero-order valence-electron chi connectivity index (χ0n) is 6.04. The summed E-state index contributed by atoms with van der Waals surface area (Å²) in [6.07, 6.45) is 3.38. The highest BCUT2D eigenvalue weighted by Crippen LogP contribution is 1.86. The molecule has 2 rings (SSSR count). The molecule has 0 spiro atoms. The molecule has 0 aromatic carbocycles. The minimum Gasteiger partial charge on any atom is -1.00 e. The average Bonchev–Trinajstić information content (AvgIpc) is 2.60. The lowest BCUT2D eigenvalue weighted by atomic mass is 10.7. The first-order chi connectivity index (χ1) is 5.45. The average molecular weight is 296 g/mol. The van der Waals surface area contributed by atoms with Crippen molar-refractivity contribution < 1.29 is 42.4 Å². The van der Waals surface area contributed by atoms with Crippen LogP contribution in [0, 0.1) is 7.53 Å². The lowest BCUT2D eigenvalue weighted by molar-refractivity contribution is -0.636. The number of furan rings is 2. The smallest absolute Gasteiger partial charge is 0.442 e. The van der Waals surface area contributed by atoms with E-state index in [1.165, 1.54) is 0 Å². The molecule has 0 aliphatic rings. The Morgan fingerprint density at radius 1 is 0.917 bits per heavy atom. The van der Waals surface area contributed by atoms with Gasteiger partial charge in [0.1, 0.15) is 0 Å². The third-order valence-electron chi connectivity index (χ3n) is 1.16. The Labute approximate surface area is 86.6 Å². The highest BCUT2D eigenvalue weighted by atomic mass is 127. The second-order valence-electron chi connectivity index (χ2n) is 1.93. The van der Waals surface area contributed by atoms with Gasteiger partial charge in [-0.15, -0.1) is 0 Å². The Kier molecular flexibility index (Phi) is 3.68. The fourth-order valence-electron chi connectivity index (χ4n) is 0.716. The van der Waals surface area contributed by atoms with Crippen LogP contribution in [0.2, 0.25) is 0 Å². The molecule has 2 aromatic rings. The van der Waals surface area contributed by atoms with Gasteiger partial charge in [-0.05, 0) is 12.1 Å². The van der Waals surface area contributed by atoms with Crippen molar-refractivity contribution in [2.24, 2.45) is 0 Å². The monoisotopic (exact) mass is 296 g/mol. The minimum absolute atomic E-state index is 0. The van der Waals surface area contributed by atoms with Crippen molar-refractivity contribution in [3.05, 3.63) is 44.3 Å². The predicted molar refractivity (Wildman–Crippen MR) is 34.8 cm³/mol. The van der Waals surface area contributed by atoms with Gasteiger partial charge < -0.3 is 21.2 Å². The van der Waals surface area contributed by atoms with Gasteiger partial charge in [-0.25, -0.2) is 0 Å². The van der Waals surface area contributed by atoms with Gasteiger partial charge in [0.15, 0.2) is 0 Å². The van der Waals surface area contributed by atoms with E-state index < -0.39 is 0 Å². The Morgan fingerprint density at radius 2 is 1.42 bits per heavy atom. The van der Waals surface area contributed by atoms with Crippen molar-refractivity contribution in [2.45, 2.75) is 0 Å². The van der Waals surface area contributed by atoms with Crippen LogP contribution in [0.25, 0.3) is 0 Å². The molecule has 0 bridgehead atoms.